The third-order valence-electron chi connectivity index (χ3n) is 9.65. The molecule has 4 saturated carbocycles. The molecule has 1 N–H and O–H groups in total. The highest BCUT2D eigenvalue weighted by Crippen LogP contribution is 2.67. The fourth-order valence-corrected chi connectivity index (χ4v) is 8.10. The summed E-state index contributed by atoms with van der Waals surface area (Å²) < 4.78 is 13.6. The summed E-state index contributed by atoms with van der Waals surface area (Å²) in [5.74, 6) is 2.91. The highest BCUT2D eigenvalue weighted by Gasteiger charge is 2.60. The Labute approximate surface area is 169 Å². The molecule has 4 fully saturated rings. The highest BCUT2D eigenvalue weighted by molar-refractivity contribution is 5.55. The lowest BCUT2D eigenvalue weighted by atomic mass is 9.45. The van der Waals surface area contributed by atoms with Crippen molar-refractivity contribution in [3.63, 3.8) is 0 Å². The van der Waals surface area contributed by atoms with Crippen molar-refractivity contribution < 1.29 is 9.50 Å². The highest BCUT2D eigenvalue weighted by atomic mass is 19.1. The van der Waals surface area contributed by atoms with E-state index in [1.165, 1.54) is 51.0 Å². The quantitative estimate of drug-likeness (QED) is 0.579. The third kappa shape index (κ3) is 2.74. The van der Waals surface area contributed by atoms with E-state index in [9.17, 15) is 9.50 Å². The molecule has 4 aliphatic rings. The lowest BCUT2D eigenvalue weighted by Gasteiger charge is -2.60. The van der Waals surface area contributed by atoms with Gasteiger partial charge < -0.3 is 5.11 Å². The summed E-state index contributed by atoms with van der Waals surface area (Å²) in [5, 5.41) is 11.3. The average Bonchev–Trinajstić information content (AvgIpc) is 2.92. The van der Waals surface area contributed by atoms with Crippen LogP contribution in [0.4, 0.5) is 4.39 Å². The number of hydrogen-bond donors (Lipinski definition) is 1. The van der Waals surface area contributed by atoms with E-state index in [1.807, 2.05) is 6.07 Å². The second-order valence-corrected chi connectivity index (χ2v) is 10.8. The van der Waals surface area contributed by atoms with Crippen LogP contribution in [0.1, 0.15) is 77.2 Å². The van der Waals surface area contributed by atoms with Gasteiger partial charge in [-0.25, -0.2) is 4.39 Å². The lowest BCUT2D eigenvalue weighted by Crippen LogP contribution is -2.53. The Morgan fingerprint density at radius 1 is 1.00 bits per heavy atom. The molecular weight excluding hydrogens is 347 g/mol. The monoisotopic (exact) mass is 382 g/mol. The van der Waals surface area contributed by atoms with Crippen molar-refractivity contribution in [1.82, 2.24) is 0 Å². The summed E-state index contributed by atoms with van der Waals surface area (Å²) >= 11 is 0. The molecule has 0 bridgehead atoms. The molecule has 1 nitrogen and oxygen atoms in total. The van der Waals surface area contributed by atoms with Crippen molar-refractivity contribution >= 4 is 6.08 Å². The lowest BCUT2D eigenvalue weighted by molar-refractivity contribution is -0.119. The molecule has 0 aromatic heterocycles. The normalized spacial score (nSPS) is 46.7. The van der Waals surface area contributed by atoms with Crippen molar-refractivity contribution in [3.8, 4) is 0 Å². The zero-order valence-corrected chi connectivity index (χ0v) is 17.5. The fraction of sp³-hybridized carbons (Fsp3) is 0.692. The molecule has 0 radical (unpaired) electrons. The molecule has 0 heterocycles. The number of hydrogen-bond acceptors (Lipinski definition) is 1. The van der Waals surface area contributed by atoms with Gasteiger partial charge in [0.2, 0.25) is 0 Å². The minimum atomic E-state index is -0.376. The number of rotatable bonds is 1. The molecule has 1 aromatic rings. The van der Waals surface area contributed by atoms with E-state index in [4.69, 9.17) is 0 Å². The first-order valence-electron chi connectivity index (χ1n) is 11.6. The van der Waals surface area contributed by atoms with E-state index in [0.717, 1.165) is 41.7 Å². The maximum atomic E-state index is 13.6. The van der Waals surface area contributed by atoms with E-state index in [-0.39, 0.29) is 17.3 Å². The van der Waals surface area contributed by atoms with Crippen molar-refractivity contribution in [1.29, 1.82) is 0 Å². The molecular formula is C26H35FO. The summed E-state index contributed by atoms with van der Waals surface area (Å²) in [5.41, 5.74) is 2.55. The molecule has 0 aliphatic heterocycles. The van der Waals surface area contributed by atoms with Gasteiger partial charge in [-0.15, -0.1) is 0 Å². The minimum Gasteiger partial charge on any atom is -0.388 e. The molecule has 2 heteroatoms. The number of halogens is 1. The zero-order valence-electron chi connectivity index (χ0n) is 17.5. The van der Waals surface area contributed by atoms with Gasteiger partial charge in [-0.3, -0.25) is 0 Å². The topological polar surface area (TPSA) is 20.2 Å². The largest absolute Gasteiger partial charge is 0.388 e. The van der Waals surface area contributed by atoms with Crippen molar-refractivity contribution in [2.75, 3.05) is 0 Å². The Balaban J connectivity index is 1.46. The number of aliphatic hydroxyl groups is 1. The summed E-state index contributed by atoms with van der Waals surface area (Å²) in [6.07, 6.45) is 13.6. The Morgan fingerprint density at radius 2 is 1.86 bits per heavy atom. The first kappa shape index (κ1) is 18.9. The summed E-state index contributed by atoms with van der Waals surface area (Å²) in [6.45, 7) is 4.94. The van der Waals surface area contributed by atoms with Gasteiger partial charge in [0.05, 0.1) is 6.10 Å². The van der Waals surface area contributed by atoms with Gasteiger partial charge in [-0.2, -0.15) is 0 Å². The van der Waals surface area contributed by atoms with Crippen molar-refractivity contribution in [2.45, 2.75) is 77.7 Å². The second kappa shape index (κ2) is 6.69. The molecule has 4 aliphatic carbocycles. The van der Waals surface area contributed by atoms with Gasteiger partial charge in [-0.05, 0) is 97.3 Å². The Morgan fingerprint density at radius 3 is 2.68 bits per heavy atom. The predicted octanol–water partition coefficient (Wildman–Crippen LogP) is 6.61. The van der Waals surface area contributed by atoms with Gasteiger partial charge in [0.15, 0.2) is 0 Å². The first-order valence-corrected chi connectivity index (χ1v) is 11.6. The van der Waals surface area contributed by atoms with E-state index in [1.54, 1.807) is 12.1 Å². The SMILES string of the molecule is C[C@]12CCCC[C@@H]1CC[C@H]1[C@H]2CC[C@]2(C)[C@@H]1C/C(=C/c1cccc(F)c1)[C@@H]2O. The van der Waals surface area contributed by atoms with Gasteiger partial charge >= 0.3 is 0 Å². The van der Waals surface area contributed by atoms with E-state index in [2.05, 4.69) is 19.9 Å². The molecule has 28 heavy (non-hydrogen) atoms. The maximum absolute atomic E-state index is 13.6. The summed E-state index contributed by atoms with van der Waals surface area (Å²) in [7, 11) is 0. The molecule has 0 unspecified atom stereocenters. The van der Waals surface area contributed by atoms with E-state index < -0.39 is 0 Å². The number of benzene rings is 1. The van der Waals surface area contributed by atoms with Crippen LogP contribution >= 0.6 is 0 Å². The van der Waals surface area contributed by atoms with Gasteiger partial charge in [0, 0.05) is 5.41 Å². The van der Waals surface area contributed by atoms with Crippen LogP contribution in [-0.4, -0.2) is 11.2 Å². The Kier molecular flexibility index (Phi) is 4.50. The Hall–Kier alpha value is -1.15. The standard InChI is InChI=1S/C26H35FO/c1-25-12-4-3-7-19(25)9-10-21-22(25)11-13-26(2)23(21)16-18(24(26)28)14-17-6-5-8-20(27)15-17/h5-6,8,14-15,19,21-24,28H,3-4,7,9-13,16H2,1-2H3/b18-14-/t19-,21+,22-,23-,24+,25+,26-/m1/s1. The average molecular weight is 383 g/mol. The van der Waals surface area contributed by atoms with E-state index >= 15 is 0 Å². The van der Waals surface area contributed by atoms with E-state index in [0.29, 0.717) is 11.3 Å². The molecule has 0 amide bonds. The fourth-order valence-electron chi connectivity index (χ4n) is 8.10. The molecule has 7 atom stereocenters. The number of fused-ring (bicyclic) bond motifs is 5. The van der Waals surface area contributed by atoms with Gasteiger partial charge in [-0.1, -0.05) is 44.9 Å². The Bertz CT molecular complexity index is 784. The summed E-state index contributed by atoms with van der Waals surface area (Å²) in [6, 6.07) is 6.78. The second-order valence-electron chi connectivity index (χ2n) is 10.8. The number of aliphatic hydroxyl groups excluding tert-OH is 1. The van der Waals surface area contributed by atoms with Crippen molar-refractivity contribution in [2.24, 2.45) is 34.5 Å². The van der Waals surface area contributed by atoms with Crippen LogP contribution in [0.3, 0.4) is 0 Å². The van der Waals surface area contributed by atoms with Crippen molar-refractivity contribution in [3.05, 3.63) is 41.2 Å². The predicted molar refractivity (Wildman–Crippen MR) is 112 cm³/mol. The molecule has 152 valence electrons. The van der Waals surface area contributed by atoms with Crippen LogP contribution in [0.15, 0.2) is 29.8 Å². The van der Waals surface area contributed by atoms with Crippen LogP contribution < -0.4 is 0 Å². The van der Waals surface area contributed by atoms with Gasteiger partial charge in [0.1, 0.15) is 5.82 Å². The minimum absolute atomic E-state index is 0.00180. The van der Waals surface area contributed by atoms with Crippen LogP contribution in [0.2, 0.25) is 0 Å². The zero-order chi connectivity index (χ0) is 19.5. The van der Waals surface area contributed by atoms with Crippen LogP contribution in [0.5, 0.6) is 0 Å². The van der Waals surface area contributed by atoms with Crippen LogP contribution in [-0.2, 0) is 0 Å². The first-order chi connectivity index (χ1) is 13.4. The molecule has 0 spiro atoms. The smallest absolute Gasteiger partial charge is 0.123 e. The summed E-state index contributed by atoms with van der Waals surface area (Å²) in [4.78, 5) is 0. The van der Waals surface area contributed by atoms with Crippen LogP contribution in [0, 0.1) is 40.3 Å². The maximum Gasteiger partial charge on any atom is 0.123 e. The molecule has 0 saturated heterocycles. The van der Waals surface area contributed by atoms with Crippen LogP contribution in [0.25, 0.3) is 6.08 Å². The molecule has 5 rings (SSSR count). The van der Waals surface area contributed by atoms with Gasteiger partial charge in [0.25, 0.3) is 0 Å². The third-order valence-corrected chi connectivity index (χ3v) is 9.65. The molecule has 1 aromatic carbocycles.